The molecule has 0 bridgehead atoms. The Morgan fingerprint density at radius 3 is 1.26 bits per heavy atom. The normalized spacial score (nSPS) is 12.4. The smallest absolute Gasteiger partial charge is 0.0714 e. The Kier molecular flexibility index (Phi) is 10.1. The molecule has 13 rings (SSSR count). The standard InChI is InChI=1S/C69H47N/c1-5-22-50(23-6-1)56-30-13-14-31-57(56)51-42-40-48(41-43-51)49-44-46-55(47-45-49)70(68-61-35-18-16-33-59(61)58-32-15-17-34-60(58)66(68)52-24-7-2-8-25-52)65-39-21-38-64-67(65)62-36-19-20-37-63(62)69(64,53-26-9-3-10-27-53)54-28-11-4-12-29-54/h1-47H. The van der Waals surface area contributed by atoms with Crippen molar-refractivity contribution >= 4 is 38.6 Å². The van der Waals surface area contributed by atoms with Gasteiger partial charge in [-0.25, -0.2) is 0 Å². The molecule has 1 nitrogen and oxygen atoms in total. The van der Waals surface area contributed by atoms with E-state index in [1.54, 1.807) is 0 Å². The zero-order valence-electron chi connectivity index (χ0n) is 38.6. The van der Waals surface area contributed by atoms with Gasteiger partial charge in [-0.1, -0.05) is 267 Å². The van der Waals surface area contributed by atoms with Gasteiger partial charge in [0.25, 0.3) is 0 Å². The molecule has 0 N–H and O–H groups in total. The molecule has 0 aromatic heterocycles. The van der Waals surface area contributed by atoms with Gasteiger partial charge in [-0.15, -0.1) is 0 Å². The van der Waals surface area contributed by atoms with Crippen molar-refractivity contribution in [3.05, 3.63) is 307 Å². The van der Waals surface area contributed by atoms with Crippen LogP contribution in [0.2, 0.25) is 0 Å². The van der Waals surface area contributed by atoms with Crippen LogP contribution in [0.25, 0.3) is 77.2 Å². The number of nitrogens with zero attached hydrogens (tertiary/aromatic N) is 1. The molecule has 0 aliphatic heterocycles. The van der Waals surface area contributed by atoms with E-state index >= 15 is 0 Å². The van der Waals surface area contributed by atoms with E-state index in [2.05, 4.69) is 290 Å². The van der Waals surface area contributed by atoms with Gasteiger partial charge in [0.1, 0.15) is 0 Å². The average Bonchev–Trinajstić information content (AvgIpc) is 3.76. The summed E-state index contributed by atoms with van der Waals surface area (Å²) in [7, 11) is 0. The Balaban J connectivity index is 1.06. The van der Waals surface area contributed by atoms with Crippen molar-refractivity contribution in [2.75, 3.05) is 4.90 Å². The molecule has 0 radical (unpaired) electrons. The lowest BCUT2D eigenvalue weighted by Gasteiger charge is -2.35. The van der Waals surface area contributed by atoms with Crippen molar-refractivity contribution in [1.82, 2.24) is 0 Å². The predicted molar refractivity (Wildman–Crippen MR) is 295 cm³/mol. The quantitative estimate of drug-likeness (QED) is 0.131. The predicted octanol–water partition coefficient (Wildman–Crippen LogP) is 18.5. The van der Waals surface area contributed by atoms with Crippen LogP contribution in [0.5, 0.6) is 0 Å². The fraction of sp³-hybridized carbons (Fsp3) is 0.0145. The van der Waals surface area contributed by atoms with Crippen LogP contribution in [-0.2, 0) is 5.41 Å². The third kappa shape index (κ3) is 6.62. The second-order valence-corrected chi connectivity index (χ2v) is 18.3. The minimum absolute atomic E-state index is 0.554. The molecule has 0 saturated carbocycles. The number of anilines is 3. The van der Waals surface area contributed by atoms with Crippen LogP contribution < -0.4 is 4.90 Å². The van der Waals surface area contributed by atoms with Gasteiger partial charge in [-0.05, 0) is 101 Å². The van der Waals surface area contributed by atoms with Gasteiger partial charge in [0.2, 0.25) is 0 Å². The van der Waals surface area contributed by atoms with Gasteiger partial charge in [-0.3, -0.25) is 0 Å². The SMILES string of the molecule is c1ccc(-c2ccccc2-c2ccc(-c3ccc(N(c4cccc5c4-c4ccccc4C5(c4ccccc4)c4ccccc4)c4c(-c5ccccc5)c5ccccc5c5ccccc45)cc3)cc2)cc1. The summed E-state index contributed by atoms with van der Waals surface area (Å²) in [5.74, 6) is 0. The first-order chi connectivity index (χ1) is 34.8. The molecular weight excluding hydrogens is 843 g/mol. The average molecular weight is 890 g/mol. The largest absolute Gasteiger partial charge is 0.309 e. The van der Waals surface area contributed by atoms with Gasteiger partial charge >= 0.3 is 0 Å². The number of rotatable bonds is 9. The third-order valence-corrected chi connectivity index (χ3v) is 14.6. The van der Waals surface area contributed by atoms with E-state index in [4.69, 9.17) is 0 Å². The highest BCUT2D eigenvalue weighted by molar-refractivity contribution is 6.23. The molecule has 0 spiro atoms. The maximum Gasteiger partial charge on any atom is 0.0714 e. The molecule has 0 saturated heterocycles. The van der Waals surface area contributed by atoms with Crippen molar-refractivity contribution in [3.8, 4) is 55.6 Å². The summed E-state index contributed by atoms with van der Waals surface area (Å²) in [6, 6.07) is 105. The summed E-state index contributed by atoms with van der Waals surface area (Å²) in [4.78, 5) is 2.58. The summed E-state index contributed by atoms with van der Waals surface area (Å²) < 4.78 is 0. The molecular formula is C69H47N. The molecule has 328 valence electrons. The van der Waals surface area contributed by atoms with Crippen LogP contribution in [0, 0.1) is 0 Å². The van der Waals surface area contributed by atoms with E-state index < -0.39 is 5.41 Å². The Morgan fingerprint density at radius 1 is 0.243 bits per heavy atom. The maximum atomic E-state index is 2.58. The Morgan fingerprint density at radius 2 is 0.657 bits per heavy atom. The molecule has 1 heteroatoms. The van der Waals surface area contributed by atoms with E-state index in [1.165, 1.54) is 93.9 Å². The van der Waals surface area contributed by atoms with E-state index in [0.29, 0.717) is 0 Å². The monoisotopic (exact) mass is 889 g/mol. The summed E-state index contributed by atoms with van der Waals surface area (Å²) in [6.45, 7) is 0. The number of benzene rings is 12. The van der Waals surface area contributed by atoms with Gasteiger partial charge in [0.15, 0.2) is 0 Å². The van der Waals surface area contributed by atoms with Crippen LogP contribution in [0.4, 0.5) is 17.1 Å². The Hall–Kier alpha value is -9.04. The first-order valence-corrected chi connectivity index (χ1v) is 24.3. The summed E-state index contributed by atoms with van der Waals surface area (Å²) in [5, 5.41) is 4.87. The highest BCUT2D eigenvalue weighted by Crippen LogP contribution is 2.60. The number of hydrogen-bond donors (Lipinski definition) is 0. The lowest BCUT2D eigenvalue weighted by Crippen LogP contribution is -2.28. The molecule has 0 atom stereocenters. The van der Waals surface area contributed by atoms with Gasteiger partial charge in [0, 0.05) is 22.2 Å². The van der Waals surface area contributed by atoms with Crippen molar-refractivity contribution in [1.29, 1.82) is 0 Å². The third-order valence-electron chi connectivity index (χ3n) is 14.6. The van der Waals surface area contributed by atoms with Crippen molar-refractivity contribution in [3.63, 3.8) is 0 Å². The van der Waals surface area contributed by atoms with Crippen LogP contribution >= 0.6 is 0 Å². The molecule has 0 heterocycles. The fourth-order valence-electron chi connectivity index (χ4n) is 11.6. The molecule has 1 aliphatic carbocycles. The molecule has 0 unspecified atom stereocenters. The minimum atomic E-state index is -0.554. The van der Waals surface area contributed by atoms with Crippen LogP contribution in [0.3, 0.4) is 0 Å². The summed E-state index contributed by atoms with van der Waals surface area (Å²) in [6.07, 6.45) is 0. The number of hydrogen-bond acceptors (Lipinski definition) is 1. The van der Waals surface area contributed by atoms with E-state index in [1.807, 2.05) is 0 Å². The van der Waals surface area contributed by atoms with Gasteiger partial charge in [0.05, 0.1) is 16.8 Å². The highest BCUT2D eigenvalue weighted by Gasteiger charge is 2.47. The van der Waals surface area contributed by atoms with Crippen molar-refractivity contribution in [2.24, 2.45) is 0 Å². The molecule has 70 heavy (non-hydrogen) atoms. The van der Waals surface area contributed by atoms with Crippen LogP contribution in [0.15, 0.2) is 285 Å². The van der Waals surface area contributed by atoms with Gasteiger partial charge < -0.3 is 4.90 Å². The number of fused-ring (bicyclic) bond motifs is 6. The summed E-state index contributed by atoms with van der Waals surface area (Å²) >= 11 is 0. The fourth-order valence-corrected chi connectivity index (χ4v) is 11.6. The summed E-state index contributed by atoms with van der Waals surface area (Å²) in [5.41, 5.74) is 19.9. The molecule has 12 aromatic rings. The van der Waals surface area contributed by atoms with Crippen LogP contribution in [-0.4, -0.2) is 0 Å². The van der Waals surface area contributed by atoms with Crippen molar-refractivity contribution in [2.45, 2.75) is 5.41 Å². The zero-order valence-corrected chi connectivity index (χ0v) is 38.6. The van der Waals surface area contributed by atoms with Gasteiger partial charge in [-0.2, -0.15) is 0 Å². The minimum Gasteiger partial charge on any atom is -0.309 e. The first-order valence-electron chi connectivity index (χ1n) is 24.3. The first kappa shape index (κ1) is 41.2. The van der Waals surface area contributed by atoms with E-state index in [9.17, 15) is 0 Å². The Bertz CT molecular complexity index is 3800. The van der Waals surface area contributed by atoms with Crippen molar-refractivity contribution < 1.29 is 0 Å². The lowest BCUT2D eigenvalue weighted by molar-refractivity contribution is 0.768. The molecule has 0 fully saturated rings. The lowest BCUT2D eigenvalue weighted by atomic mass is 9.68. The topological polar surface area (TPSA) is 3.24 Å². The highest BCUT2D eigenvalue weighted by atomic mass is 15.2. The molecule has 1 aliphatic rings. The second-order valence-electron chi connectivity index (χ2n) is 18.3. The Labute approximate surface area is 409 Å². The van der Waals surface area contributed by atoms with Crippen LogP contribution in [0.1, 0.15) is 22.3 Å². The van der Waals surface area contributed by atoms with E-state index in [-0.39, 0.29) is 0 Å². The molecule has 12 aromatic carbocycles. The second kappa shape index (κ2) is 17.2. The maximum absolute atomic E-state index is 2.58. The molecule has 0 amide bonds. The zero-order chi connectivity index (χ0) is 46.4. The van der Waals surface area contributed by atoms with E-state index in [0.717, 1.165) is 22.6 Å².